The third-order valence-electron chi connectivity index (χ3n) is 4.15. The largest absolute Gasteiger partial charge is 0.496 e. The molecule has 2 aromatic carbocycles. The first-order chi connectivity index (χ1) is 13.3. The number of aromatic nitrogens is 2. The Bertz CT molecular complexity index is 1090. The Kier molecular flexibility index (Phi) is 5.48. The summed E-state index contributed by atoms with van der Waals surface area (Å²) in [5.74, 6) is -0.126. The summed E-state index contributed by atoms with van der Waals surface area (Å²) in [7, 11) is -0.910. The van der Waals surface area contributed by atoms with Crippen molar-refractivity contribution in [3.05, 3.63) is 72.1 Å². The number of rotatable bonds is 6. The van der Waals surface area contributed by atoms with Crippen LogP contribution in [0.4, 0.5) is 0 Å². The molecule has 3 rings (SSSR count). The number of hydrogen-bond donors (Lipinski definition) is 1. The van der Waals surface area contributed by atoms with Gasteiger partial charge >= 0.3 is 0 Å². The van der Waals surface area contributed by atoms with Crippen molar-refractivity contribution in [1.82, 2.24) is 14.7 Å². The molecule has 0 radical (unpaired) electrons. The SMILES string of the molecule is COc1ccc(S(N)(=O)=O)cc1C(=O)N(C)Cc1cnn(-c2ccccc2)c1. The minimum Gasteiger partial charge on any atom is -0.496 e. The van der Waals surface area contributed by atoms with E-state index in [0.717, 1.165) is 11.3 Å². The first-order valence-corrected chi connectivity index (χ1v) is 9.89. The maximum absolute atomic E-state index is 12.9. The molecule has 0 unspecified atom stereocenters. The molecular weight excluding hydrogens is 380 g/mol. The van der Waals surface area contributed by atoms with Crippen molar-refractivity contribution < 1.29 is 17.9 Å². The summed E-state index contributed by atoms with van der Waals surface area (Å²) in [6, 6.07) is 13.5. The summed E-state index contributed by atoms with van der Waals surface area (Å²) in [6.07, 6.45) is 3.51. The number of primary sulfonamides is 1. The molecule has 0 bridgehead atoms. The van der Waals surface area contributed by atoms with Crippen LogP contribution in [0.1, 0.15) is 15.9 Å². The number of amides is 1. The number of hydrogen-bond acceptors (Lipinski definition) is 5. The van der Waals surface area contributed by atoms with Crippen LogP contribution in [0.15, 0.2) is 65.8 Å². The minimum absolute atomic E-state index is 0.118. The van der Waals surface area contributed by atoms with Crippen LogP contribution < -0.4 is 9.88 Å². The van der Waals surface area contributed by atoms with Gasteiger partial charge in [0.25, 0.3) is 5.91 Å². The van der Waals surface area contributed by atoms with Crippen LogP contribution in [-0.2, 0) is 16.6 Å². The Morgan fingerprint density at radius 2 is 1.93 bits per heavy atom. The number of methoxy groups -OCH3 is 1. The van der Waals surface area contributed by atoms with Gasteiger partial charge in [-0.05, 0) is 30.3 Å². The highest BCUT2D eigenvalue weighted by atomic mass is 32.2. The van der Waals surface area contributed by atoms with Crippen molar-refractivity contribution in [2.24, 2.45) is 5.14 Å². The van der Waals surface area contributed by atoms with Gasteiger partial charge in [0.2, 0.25) is 10.0 Å². The quantitative estimate of drug-likeness (QED) is 0.679. The van der Waals surface area contributed by atoms with Crippen molar-refractivity contribution in [1.29, 1.82) is 0 Å². The average molecular weight is 400 g/mol. The van der Waals surface area contributed by atoms with Crippen molar-refractivity contribution in [3.8, 4) is 11.4 Å². The lowest BCUT2D eigenvalue weighted by atomic mass is 10.1. The number of nitrogens with two attached hydrogens (primary N) is 1. The van der Waals surface area contributed by atoms with E-state index in [1.807, 2.05) is 36.5 Å². The van der Waals surface area contributed by atoms with Crippen LogP contribution in [0.2, 0.25) is 0 Å². The zero-order valence-electron chi connectivity index (χ0n) is 15.4. The molecule has 2 N–H and O–H groups in total. The molecule has 0 fully saturated rings. The van der Waals surface area contributed by atoms with Gasteiger partial charge in [0.05, 0.1) is 29.5 Å². The maximum Gasteiger partial charge on any atom is 0.257 e. The van der Waals surface area contributed by atoms with Crippen molar-refractivity contribution in [3.63, 3.8) is 0 Å². The Morgan fingerprint density at radius 1 is 1.21 bits per heavy atom. The summed E-state index contributed by atoms with van der Waals surface area (Å²) in [4.78, 5) is 14.2. The summed E-state index contributed by atoms with van der Waals surface area (Å²) >= 11 is 0. The predicted molar refractivity (Wildman–Crippen MR) is 104 cm³/mol. The van der Waals surface area contributed by atoms with Gasteiger partial charge in [-0.2, -0.15) is 5.10 Å². The lowest BCUT2D eigenvalue weighted by molar-refractivity contribution is 0.0781. The van der Waals surface area contributed by atoms with E-state index >= 15 is 0 Å². The van der Waals surface area contributed by atoms with Crippen LogP contribution >= 0.6 is 0 Å². The van der Waals surface area contributed by atoms with Gasteiger partial charge in [-0.3, -0.25) is 4.79 Å². The number of carbonyl (C=O) groups excluding carboxylic acids is 1. The van der Waals surface area contributed by atoms with Gasteiger partial charge in [-0.15, -0.1) is 0 Å². The fraction of sp³-hybridized carbons (Fsp3) is 0.158. The molecular formula is C19H20N4O4S. The summed E-state index contributed by atoms with van der Waals surface area (Å²) in [6.45, 7) is 0.286. The van der Waals surface area contributed by atoms with Gasteiger partial charge in [-0.25, -0.2) is 18.2 Å². The first-order valence-electron chi connectivity index (χ1n) is 8.35. The lowest BCUT2D eigenvalue weighted by Gasteiger charge is -2.18. The number of nitrogens with zero attached hydrogens (tertiary/aromatic N) is 3. The lowest BCUT2D eigenvalue weighted by Crippen LogP contribution is -2.27. The van der Waals surface area contributed by atoms with Crippen LogP contribution in [0.3, 0.4) is 0 Å². The standard InChI is InChI=1S/C19H20N4O4S/c1-22(12-14-11-21-23(13-14)15-6-4-3-5-7-15)19(24)17-10-16(28(20,25)26)8-9-18(17)27-2/h3-11,13H,12H2,1-2H3,(H2,20,25,26). The Morgan fingerprint density at radius 3 is 2.57 bits per heavy atom. The highest BCUT2D eigenvalue weighted by molar-refractivity contribution is 7.89. The Labute approximate surface area is 163 Å². The van der Waals surface area contributed by atoms with Crippen LogP contribution in [0.25, 0.3) is 5.69 Å². The number of ether oxygens (including phenoxy) is 1. The molecule has 0 aliphatic carbocycles. The second kappa shape index (κ2) is 7.83. The molecule has 8 nitrogen and oxygen atoms in total. The van der Waals surface area contributed by atoms with Gasteiger partial charge in [0.1, 0.15) is 5.75 Å². The van der Waals surface area contributed by atoms with E-state index in [4.69, 9.17) is 9.88 Å². The summed E-state index contributed by atoms with van der Waals surface area (Å²) < 4.78 is 30.1. The van der Waals surface area contributed by atoms with Crippen molar-refractivity contribution in [2.75, 3.05) is 14.2 Å². The zero-order chi connectivity index (χ0) is 20.3. The molecule has 0 aliphatic heterocycles. The van der Waals surface area contributed by atoms with Gasteiger partial charge < -0.3 is 9.64 Å². The van der Waals surface area contributed by atoms with Crippen LogP contribution in [0.5, 0.6) is 5.75 Å². The smallest absolute Gasteiger partial charge is 0.257 e. The molecule has 0 spiro atoms. The topological polar surface area (TPSA) is 108 Å². The molecule has 146 valence electrons. The van der Waals surface area contributed by atoms with E-state index in [2.05, 4.69) is 5.10 Å². The van der Waals surface area contributed by atoms with Crippen molar-refractivity contribution in [2.45, 2.75) is 11.4 Å². The fourth-order valence-corrected chi connectivity index (χ4v) is 3.29. The maximum atomic E-state index is 12.9. The molecule has 28 heavy (non-hydrogen) atoms. The number of sulfonamides is 1. The summed E-state index contributed by atoms with van der Waals surface area (Å²) in [5.41, 5.74) is 1.85. The second-order valence-corrected chi connectivity index (χ2v) is 7.76. The molecule has 0 saturated carbocycles. The molecule has 0 aliphatic rings. The van der Waals surface area contributed by atoms with Crippen molar-refractivity contribution >= 4 is 15.9 Å². The van der Waals surface area contributed by atoms with Crippen LogP contribution in [0, 0.1) is 0 Å². The van der Waals surface area contributed by atoms with E-state index in [0.29, 0.717) is 0 Å². The molecule has 3 aromatic rings. The van der Waals surface area contributed by atoms with Gasteiger partial charge in [-0.1, -0.05) is 18.2 Å². The van der Waals surface area contributed by atoms with E-state index in [-0.39, 0.29) is 22.8 Å². The van der Waals surface area contributed by atoms with Gasteiger partial charge in [0, 0.05) is 25.4 Å². The normalized spacial score (nSPS) is 11.2. The van der Waals surface area contributed by atoms with E-state index in [1.165, 1.54) is 30.2 Å². The second-order valence-electron chi connectivity index (χ2n) is 6.20. The zero-order valence-corrected chi connectivity index (χ0v) is 16.3. The third-order valence-corrected chi connectivity index (χ3v) is 5.06. The number of benzene rings is 2. The summed E-state index contributed by atoms with van der Waals surface area (Å²) in [5, 5.41) is 9.48. The molecule has 9 heteroatoms. The third kappa shape index (κ3) is 4.21. The Balaban J connectivity index is 1.83. The molecule has 1 heterocycles. The molecule has 0 saturated heterocycles. The van der Waals surface area contributed by atoms with E-state index in [9.17, 15) is 13.2 Å². The minimum atomic E-state index is -3.94. The predicted octanol–water partition coefficient (Wildman–Crippen LogP) is 1.80. The highest BCUT2D eigenvalue weighted by Crippen LogP contribution is 2.24. The van der Waals surface area contributed by atoms with E-state index in [1.54, 1.807) is 17.9 Å². The fourth-order valence-electron chi connectivity index (χ4n) is 2.75. The number of carbonyl (C=O) groups is 1. The average Bonchev–Trinajstić information content (AvgIpc) is 3.15. The first kappa shape index (κ1) is 19.6. The molecule has 1 aromatic heterocycles. The molecule has 0 atom stereocenters. The highest BCUT2D eigenvalue weighted by Gasteiger charge is 2.20. The molecule has 1 amide bonds. The van der Waals surface area contributed by atoms with E-state index < -0.39 is 15.9 Å². The number of para-hydroxylation sites is 1. The van der Waals surface area contributed by atoms with Crippen LogP contribution in [-0.4, -0.2) is 43.2 Å². The monoisotopic (exact) mass is 400 g/mol. The Hall–Kier alpha value is -3.17. The van der Waals surface area contributed by atoms with Gasteiger partial charge in [0.15, 0.2) is 0 Å².